The zero-order valence-corrected chi connectivity index (χ0v) is 25.6. The summed E-state index contributed by atoms with van der Waals surface area (Å²) in [6.45, 7) is 3.07. The van der Waals surface area contributed by atoms with Crippen LogP contribution in [0.15, 0.2) is 54.6 Å². The second kappa shape index (κ2) is 14.1. The van der Waals surface area contributed by atoms with Gasteiger partial charge in [-0.2, -0.15) is 0 Å². The molecule has 2 aromatic rings. The van der Waals surface area contributed by atoms with Gasteiger partial charge in [0.1, 0.15) is 17.8 Å². The maximum Gasteiger partial charge on any atom is 0.258 e. The van der Waals surface area contributed by atoms with Crippen LogP contribution in [0.3, 0.4) is 0 Å². The molecule has 0 unspecified atom stereocenters. The third-order valence-corrected chi connectivity index (χ3v) is 8.57. The zero-order chi connectivity index (χ0) is 32.1. The Morgan fingerprint density at radius 2 is 1.73 bits per heavy atom. The van der Waals surface area contributed by atoms with Crippen LogP contribution in [-0.4, -0.2) is 101 Å². The Balaban J connectivity index is 1.48. The van der Waals surface area contributed by atoms with Crippen molar-refractivity contribution in [3.8, 4) is 5.75 Å². The van der Waals surface area contributed by atoms with Crippen molar-refractivity contribution in [2.24, 2.45) is 5.92 Å². The molecule has 2 bridgehead atoms. The van der Waals surface area contributed by atoms with Gasteiger partial charge in [-0.15, -0.1) is 0 Å². The first-order valence-electron chi connectivity index (χ1n) is 15.5. The van der Waals surface area contributed by atoms with Gasteiger partial charge >= 0.3 is 0 Å². The minimum absolute atomic E-state index is 0.124. The summed E-state index contributed by atoms with van der Waals surface area (Å²) >= 11 is 0. The average molecular weight is 620 g/mol. The second-order valence-corrected chi connectivity index (χ2v) is 12.3. The Labute approximate surface area is 262 Å². The van der Waals surface area contributed by atoms with Crippen LogP contribution in [0.2, 0.25) is 0 Å². The van der Waals surface area contributed by atoms with Crippen LogP contribution >= 0.6 is 0 Å². The van der Waals surface area contributed by atoms with E-state index >= 15 is 0 Å². The van der Waals surface area contributed by atoms with Crippen molar-refractivity contribution in [2.75, 3.05) is 32.8 Å². The molecule has 1 saturated heterocycles. The van der Waals surface area contributed by atoms with E-state index in [4.69, 9.17) is 4.74 Å². The third kappa shape index (κ3) is 8.39. The Morgan fingerprint density at radius 1 is 0.978 bits per heavy atom. The number of nitrogens with one attached hydrogen (secondary N) is 3. The Kier molecular flexibility index (Phi) is 10.0. The lowest BCUT2D eigenvalue weighted by molar-refractivity contribution is -0.143. The van der Waals surface area contributed by atoms with E-state index in [1.165, 1.54) is 18.7 Å². The number of hydrogen-bond acceptors (Lipinski definition) is 7. The van der Waals surface area contributed by atoms with Crippen LogP contribution in [0, 0.1) is 5.92 Å². The number of rotatable bonds is 5. The van der Waals surface area contributed by atoms with Gasteiger partial charge in [0.15, 0.2) is 6.61 Å². The monoisotopic (exact) mass is 619 g/mol. The summed E-state index contributed by atoms with van der Waals surface area (Å²) in [6.07, 6.45) is 0.782. The minimum atomic E-state index is -1.29. The molecule has 5 amide bonds. The van der Waals surface area contributed by atoms with Gasteiger partial charge in [-0.1, -0.05) is 42.5 Å². The van der Waals surface area contributed by atoms with Crippen LogP contribution in [0.5, 0.6) is 5.75 Å². The van der Waals surface area contributed by atoms with Crippen LogP contribution in [0.1, 0.15) is 43.7 Å². The highest BCUT2D eigenvalue weighted by molar-refractivity contribution is 5.93. The van der Waals surface area contributed by atoms with Crippen molar-refractivity contribution in [3.63, 3.8) is 0 Å². The molecule has 1 saturated carbocycles. The van der Waals surface area contributed by atoms with E-state index in [0.29, 0.717) is 12.3 Å². The number of likely N-dealkylation sites (tertiary alicyclic amines) is 1. The van der Waals surface area contributed by atoms with E-state index in [1.807, 2.05) is 36.4 Å². The molecule has 4 N–H and O–H groups in total. The van der Waals surface area contributed by atoms with E-state index in [9.17, 15) is 29.1 Å². The molecule has 2 fully saturated rings. The van der Waals surface area contributed by atoms with Crippen molar-refractivity contribution in [2.45, 2.75) is 63.3 Å². The molecule has 12 heteroatoms. The molecule has 2 aliphatic heterocycles. The second-order valence-electron chi connectivity index (χ2n) is 12.3. The minimum Gasteiger partial charge on any atom is -0.484 e. The van der Waals surface area contributed by atoms with Crippen molar-refractivity contribution >= 4 is 29.5 Å². The number of carbonyl (C=O) groups is 5. The van der Waals surface area contributed by atoms with E-state index in [2.05, 4.69) is 16.0 Å². The van der Waals surface area contributed by atoms with Gasteiger partial charge in [-0.3, -0.25) is 24.0 Å². The molecule has 2 heterocycles. The number of benzene rings is 2. The van der Waals surface area contributed by atoms with Gasteiger partial charge in [0.2, 0.25) is 23.6 Å². The van der Waals surface area contributed by atoms with E-state index in [1.54, 1.807) is 23.1 Å². The highest BCUT2D eigenvalue weighted by Crippen LogP contribution is 2.31. The molecule has 240 valence electrons. The highest BCUT2D eigenvalue weighted by Gasteiger charge is 2.39. The smallest absolute Gasteiger partial charge is 0.258 e. The molecule has 5 atom stereocenters. The topological polar surface area (TPSA) is 157 Å². The highest BCUT2D eigenvalue weighted by atomic mass is 16.5. The quantitative estimate of drug-likeness (QED) is 0.376. The predicted octanol–water partition coefficient (Wildman–Crippen LogP) is 0.341. The molecule has 12 nitrogen and oxygen atoms in total. The fourth-order valence-electron chi connectivity index (χ4n) is 5.93. The molecule has 0 aromatic heterocycles. The SMILES string of the molecule is CC(=O)N1C[C@@H]2NC(=O)[C@H](Cc3ccccc3)NC(=O)CN(CC3CC3)C(=O)[C@H]([C@@H](C)O)NC(=O)COc3cccc(c3)[C@H]2C1. The van der Waals surface area contributed by atoms with Crippen LogP contribution < -0.4 is 20.7 Å². The molecule has 2 aromatic carbocycles. The van der Waals surface area contributed by atoms with Gasteiger partial charge < -0.3 is 35.6 Å². The molecular formula is C33H41N5O7. The standard InChI is InChI=1S/C33H41N5O7/c1-20(39)31-33(44)38(15-23-11-12-23)18-29(41)34-27(13-22-7-4-3-5-8-22)32(43)35-28-17-37(21(2)40)16-26(28)24-9-6-10-25(14-24)45-19-30(42)36-31/h3-10,14,20,23,26-28,31,39H,11-13,15-19H2,1-2H3,(H,34,41)(H,35,43)(H,36,42)/t20-,26-,27+,28+,31+/m1/s1. The number of carbonyl (C=O) groups excluding carboxylic acids is 5. The molecule has 3 aliphatic rings. The molecule has 1 aliphatic carbocycles. The third-order valence-electron chi connectivity index (χ3n) is 8.57. The molecule has 5 rings (SSSR count). The summed E-state index contributed by atoms with van der Waals surface area (Å²) in [5.41, 5.74) is 1.64. The van der Waals surface area contributed by atoms with Crippen molar-refractivity contribution < 1.29 is 33.8 Å². The lowest BCUT2D eigenvalue weighted by atomic mass is 9.93. The van der Waals surface area contributed by atoms with E-state index in [0.717, 1.165) is 24.0 Å². The average Bonchev–Trinajstić information content (AvgIpc) is 3.73. The van der Waals surface area contributed by atoms with E-state index in [-0.39, 0.29) is 43.8 Å². The fourth-order valence-corrected chi connectivity index (χ4v) is 5.93. The first kappa shape index (κ1) is 32.0. The molecule has 45 heavy (non-hydrogen) atoms. The largest absolute Gasteiger partial charge is 0.484 e. The van der Waals surface area contributed by atoms with Gasteiger partial charge in [0.05, 0.1) is 18.7 Å². The molecule has 0 spiro atoms. The summed E-state index contributed by atoms with van der Waals surface area (Å²) in [4.78, 5) is 69.3. The van der Waals surface area contributed by atoms with Gasteiger partial charge in [0, 0.05) is 38.9 Å². The fraction of sp³-hybridized carbons (Fsp3) is 0.485. The van der Waals surface area contributed by atoms with Crippen molar-refractivity contribution in [1.82, 2.24) is 25.8 Å². The lowest BCUT2D eigenvalue weighted by Gasteiger charge is -2.30. The summed E-state index contributed by atoms with van der Waals surface area (Å²) in [7, 11) is 0. The van der Waals surface area contributed by atoms with Gasteiger partial charge in [-0.25, -0.2) is 0 Å². The number of aliphatic hydroxyl groups excluding tert-OH is 1. The van der Waals surface area contributed by atoms with Gasteiger partial charge in [-0.05, 0) is 48.9 Å². The number of amides is 5. The summed E-state index contributed by atoms with van der Waals surface area (Å²) in [6, 6.07) is 13.7. The van der Waals surface area contributed by atoms with Crippen LogP contribution in [0.4, 0.5) is 0 Å². The Morgan fingerprint density at radius 3 is 2.42 bits per heavy atom. The number of hydrogen-bond donors (Lipinski definition) is 4. The van der Waals surface area contributed by atoms with Gasteiger partial charge in [0.25, 0.3) is 5.91 Å². The van der Waals surface area contributed by atoms with Crippen molar-refractivity contribution in [3.05, 3.63) is 65.7 Å². The summed E-state index contributed by atoms with van der Waals surface area (Å²) in [5.74, 6) is -1.92. The number of ether oxygens (including phenoxy) is 1. The maximum atomic E-state index is 13.9. The summed E-state index contributed by atoms with van der Waals surface area (Å²) < 4.78 is 5.76. The Hall–Kier alpha value is -4.45. The first-order chi connectivity index (χ1) is 21.6. The summed E-state index contributed by atoms with van der Waals surface area (Å²) in [5, 5.41) is 19.0. The zero-order valence-electron chi connectivity index (χ0n) is 25.6. The normalized spacial score (nSPS) is 25.6. The maximum absolute atomic E-state index is 13.9. The van der Waals surface area contributed by atoms with Crippen LogP contribution in [0.25, 0.3) is 0 Å². The van der Waals surface area contributed by atoms with Crippen LogP contribution in [-0.2, 0) is 30.4 Å². The first-order valence-corrected chi connectivity index (χ1v) is 15.5. The lowest BCUT2D eigenvalue weighted by Crippen LogP contribution is -2.58. The van der Waals surface area contributed by atoms with E-state index < -0.39 is 54.5 Å². The number of fused-ring (bicyclic) bond motifs is 4. The van der Waals surface area contributed by atoms with Crippen molar-refractivity contribution in [1.29, 1.82) is 0 Å². The predicted molar refractivity (Wildman–Crippen MR) is 164 cm³/mol. The Bertz CT molecular complexity index is 1410. The molecule has 0 radical (unpaired) electrons. The number of nitrogens with zero attached hydrogens (tertiary/aromatic N) is 2. The molecular weight excluding hydrogens is 578 g/mol. The number of aliphatic hydroxyl groups is 1.